The Hall–Kier alpha value is -0.780. The van der Waals surface area contributed by atoms with Gasteiger partial charge in [0.2, 0.25) is 0 Å². The molecular formula is C61H108. The zero-order chi connectivity index (χ0) is 43.6. The molecule has 8 unspecified atom stereocenters. The molecule has 0 N–H and O–H groups in total. The summed E-state index contributed by atoms with van der Waals surface area (Å²) in [6.45, 7) is 21.7. The molecule has 0 aromatic carbocycles. The summed E-state index contributed by atoms with van der Waals surface area (Å²) in [5.41, 5.74) is 3.52. The van der Waals surface area contributed by atoms with E-state index in [2.05, 4.69) is 72.8 Å². The molecule has 61 heavy (non-hydrogen) atoms. The predicted molar refractivity (Wildman–Crippen MR) is 272 cm³/mol. The van der Waals surface area contributed by atoms with E-state index in [-0.39, 0.29) is 0 Å². The molecule has 6 aliphatic rings. The van der Waals surface area contributed by atoms with Gasteiger partial charge in [-0.25, -0.2) is 0 Å². The van der Waals surface area contributed by atoms with Crippen molar-refractivity contribution < 1.29 is 0 Å². The first-order valence-electron chi connectivity index (χ1n) is 28.8. The molecule has 0 heterocycles. The van der Waals surface area contributed by atoms with Gasteiger partial charge in [0.15, 0.2) is 0 Å². The number of allylic oxidation sites excluding steroid dienone is 6. The highest BCUT2D eigenvalue weighted by Gasteiger charge is 2.43. The van der Waals surface area contributed by atoms with Gasteiger partial charge in [0.1, 0.15) is 0 Å². The van der Waals surface area contributed by atoms with E-state index in [0.717, 1.165) is 76.9 Å². The maximum atomic E-state index is 2.81. The molecule has 0 spiro atoms. The topological polar surface area (TPSA) is 0 Å². The fourth-order valence-corrected chi connectivity index (χ4v) is 16.1. The van der Waals surface area contributed by atoms with Crippen molar-refractivity contribution in [2.45, 2.75) is 261 Å². The first kappa shape index (κ1) is 51.2. The highest BCUT2D eigenvalue weighted by molar-refractivity contribution is 5.23. The molecular weight excluding hydrogens is 733 g/mol. The van der Waals surface area contributed by atoms with Crippen molar-refractivity contribution in [2.75, 3.05) is 0 Å². The molecule has 0 bridgehead atoms. The van der Waals surface area contributed by atoms with Crippen molar-refractivity contribution in [1.82, 2.24) is 0 Å². The van der Waals surface area contributed by atoms with Crippen LogP contribution in [0.15, 0.2) is 35.5 Å². The third-order valence-electron chi connectivity index (χ3n) is 19.3. The minimum absolute atomic E-state index is 0.682. The Balaban J connectivity index is 0.00000347. The Morgan fingerprint density at radius 3 is 2.13 bits per heavy atom. The second-order valence-electron chi connectivity index (χ2n) is 23.3. The van der Waals surface area contributed by atoms with Crippen LogP contribution in [0, 0.1) is 88.8 Å². The van der Waals surface area contributed by atoms with Crippen molar-refractivity contribution in [3.63, 3.8) is 0 Å². The highest BCUT2D eigenvalue weighted by atomic mass is 14.5. The van der Waals surface area contributed by atoms with Crippen molar-refractivity contribution in [1.29, 1.82) is 0 Å². The first-order valence-corrected chi connectivity index (χ1v) is 28.8. The number of unbranched alkanes of at least 4 members (excludes halogenated alkanes) is 2. The first-order chi connectivity index (χ1) is 29.8. The summed E-state index contributed by atoms with van der Waals surface area (Å²) >= 11 is 0. The van der Waals surface area contributed by atoms with Gasteiger partial charge in [0, 0.05) is 0 Å². The molecule has 6 rings (SSSR count). The van der Waals surface area contributed by atoms with Gasteiger partial charge >= 0.3 is 0 Å². The SMILES string of the molecule is CC.CCCCC1=CC(CC)[C@H]2CCCC=CC2C(/C(C)=C/CCCC(C)CCC[C@@H](CCC)C[C@@H](C2CCC[C@@H](C)C2)C2CCC[C@H]([C@H]3CCCC4CCCCC43)C2)[C@H]1C. The fourth-order valence-electron chi connectivity index (χ4n) is 16.1. The smallest absolute Gasteiger partial charge is 0.00772 e. The average molecular weight is 842 g/mol. The summed E-state index contributed by atoms with van der Waals surface area (Å²) < 4.78 is 0. The lowest BCUT2D eigenvalue weighted by Crippen LogP contribution is -2.39. The lowest BCUT2D eigenvalue weighted by atomic mass is 9.57. The summed E-state index contributed by atoms with van der Waals surface area (Å²) in [6, 6.07) is 0. The van der Waals surface area contributed by atoms with Crippen LogP contribution in [-0.2, 0) is 0 Å². The van der Waals surface area contributed by atoms with Crippen LogP contribution < -0.4 is 0 Å². The van der Waals surface area contributed by atoms with Gasteiger partial charge in [0.25, 0.3) is 0 Å². The summed E-state index contributed by atoms with van der Waals surface area (Å²) in [6.07, 6.45) is 56.6. The molecule has 15 atom stereocenters. The Morgan fingerprint density at radius 1 is 0.689 bits per heavy atom. The van der Waals surface area contributed by atoms with Crippen LogP contribution in [0.25, 0.3) is 0 Å². The van der Waals surface area contributed by atoms with Gasteiger partial charge < -0.3 is 0 Å². The van der Waals surface area contributed by atoms with Crippen LogP contribution in [0.3, 0.4) is 0 Å². The van der Waals surface area contributed by atoms with Crippen molar-refractivity contribution >= 4 is 0 Å². The molecule has 0 aliphatic heterocycles. The maximum absolute atomic E-state index is 2.81. The molecule has 0 amide bonds. The monoisotopic (exact) mass is 841 g/mol. The van der Waals surface area contributed by atoms with E-state index in [1.807, 2.05) is 13.8 Å². The van der Waals surface area contributed by atoms with Crippen LogP contribution >= 0.6 is 0 Å². The van der Waals surface area contributed by atoms with Gasteiger partial charge in [0.05, 0.1) is 0 Å². The van der Waals surface area contributed by atoms with E-state index in [9.17, 15) is 0 Å². The zero-order valence-electron chi connectivity index (χ0n) is 42.9. The van der Waals surface area contributed by atoms with Gasteiger partial charge in [-0.05, 0) is 179 Å². The Kier molecular flexibility index (Phi) is 23.2. The van der Waals surface area contributed by atoms with Gasteiger partial charge in [-0.1, -0.05) is 206 Å². The summed E-state index contributed by atoms with van der Waals surface area (Å²) in [4.78, 5) is 0. The quantitative estimate of drug-likeness (QED) is 0.0846. The number of hydrogen-bond acceptors (Lipinski definition) is 0. The van der Waals surface area contributed by atoms with E-state index in [1.54, 1.807) is 94.6 Å². The molecule has 4 saturated carbocycles. The minimum Gasteiger partial charge on any atom is -0.0882 e. The largest absolute Gasteiger partial charge is 0.0882 e. The molecule has 4 fully saturated rings. The van der Waals surface area contributed by atoms with Crippen LogP contribution in [0.2, 0.25) is 0 Å². The molecule has 352 valence electrons. The molecule has 6 aliphatic carbocycles. The predicted octanol–water partition coefficient (Wildman–Crippen LogP) is 20.0. The zero-order valence-corrected chi connectivity index (χ0v) is 42.9. The molecule has 0 aromatic rings. The van der Waals surface area contributed by atoms with E-state index in [0.29, 0.717) is 11.8 Å². The van der Waals surface area contributed by atoms with Gasteiger partial charge in [-0.15, -0.1) is 0 Å². The van der Waals surface area contributed by atoms with E-state index >= 15 is 0 Å². The molecule has 0 radical (unpaired) electrons. The van der Waals surface area contributed by atoms with Crippen LogP contribution in [0.4, 0.5) is 0 Å². The van der Waals surface area contributed by atoms with Crippen molar-refractivity contribution in [3.8, 4) is 0 Å². The molecule has 0 nitrogen and oxygen atoms in total. The third-order valence-corrected chi connectivity index (χ3v) is 19.3. The normalized spacial score (nSPS) is 36.2. The fraction of sp³-hybridized carbons (Fsp3) is 0.902. The standard InChI is InChI=1S/C59H102.C2H6/c1-8-11-29-50-41-48(10-3)54-35-13-12-14-37-57(54)59(46(50)7)45(6)27-16-15-24-43(4)25-19-28-47(23-9-2)40-58(51-32-20-26-44(5)39-51)53-34-21-33-52(42-53)56-38-22-31-49-30-17-18-36-55(49)56;1-2/h14,27,37,41,43-44,46-49,51-59H,8-13,15-26,28-36,38-40,42H2,1-7H3;1-2H3/b45-27+;/t43?,44-,46+,47-,48?,49?,51?,52+,53?,54-,55?,56-,57?,58+,59?;/m1./s1. The van der Waals surface area contributed by atoms with E-state index < -0.39 is 0 Å². The summed E-state index contributed by atoms with van der Waals surface area (Å²) in [5.74, 6) is 14.0. The van der Waals surface area contributed by atoms with Gasteiger partial charge in [-0.2, -0.15) is 0 Å². The number of fused-ring (bicyclic) bond motifs is 2. The summed E-state index contributed by atoms with van der Waals surface area (Å²) in [5, 5.41) is 0. The third kappa shape index (κ3) is 14.9. The summed E-state index contributed by atoms with van der Waals surface area (Å²) in [7, 11) is 0. The maximum Gasteiger partial charge on any atom is -0.00772 e. The minimum atomic E-state index is 0.682. The van der Waals surface area contributed by atoms with Crippen LogP contribution in [0.1, 0.15) is 261 Å². The Bertz CT molecular complexity index is 1260. The molecule has 0 aromatic heterocycles. The van der Waals surface area contributed by atoms with Crippen LogP contribution in [0.5, 0.6) is 0 Å². The van der Waals surface area contributed by atoms with E-state index in [4.69, 9.17) is 0 Å². The highest BCUT2D eigenvalue weighted by Crippen LogP contribution is 2.54. The lowest BCUT2D eigenvalue weighted by Gasteiger charge is -2.49. The second-order valence-corrected chi connectivity index (χ2v) is 23.3. The Labute approximate surface area is 384 Å². The van der Waals surface area contributed by atoms with Crippen molar-refractivity contribution in [3.05, 3.63) is 35.5 Å². The second kappa shape index (κ2) is 27.6. The van der Waals surface area contributed by atoms with Crippen molar-refractivity contribution in [2.24, 2.45) is 88.8 Å². The van der Waals surface area contributed by atoms with E-state index in [1.165, 1.54) is 116 Å². The van der Waals surface area contributed by atoms with Crippen LogP contribution in [-0.4, -0.2) is 0 Å². The van der Waals surface area contributed by atoms with Gasteiger partial charge in [-0.3, -0.25) is 0 Å². The number of rotatable bonds is 20. The average Bonchev–Trinajstić information content (AvgIpc) is 3.59. The lowest BCUT2D eigenvalue weighted by molar-refractivity contribution is 0.0166. The molecule has 0 saturated heterocycles. The molecule has 0 heteroatoms. The Morgan fingerprint density at radius 2 is 1.36 bits per heavy atom. The number of hydrogen-bond donors (Lipinski definition) is 0.